The van der Waals surface area contributed by atoms with Gasteiger partial charge in [-0.15, -0.1) is 0 Å². The van der Waals surface area contributed by atoms with Crippen LogP contribution in [0.3, 0.4) is 0 Å². The molecule has 1 unspecified atom stereocenters. The number of aromatic amines is 2. The molecule has 2 aliphatic rings. The zero-order valence-corrected chi connectivity index (χ0v) is 35.6. The molecule has 3 heterocycles. The van der Waals surface area contributed by atoms with Crippen LogP contribution in [-0.2, 0) is 28.8 Å². The summed E-state index contributed by atoms with van der Waals surface area (Å²) in [6, 6.07) is 20.5. The van der Waals surface area contributed by atoms with E-state index in [2.05, 4.69) is 92.2 Å². The van der Waals surface area contributed by atoms with Crippen molar-refractivity contribution in [2.75, 3.05) is 28.4 Å². The van der Waals surface area contributed by atoms with Crippen molar-refractivity contribution < 1.29 is 28.5 Å². The van der Waals surface area contributed by atoms with Gasteiger partial charge in [0.15, 0.2) is 34.6 Å². The smallest absolute Gasteiger partial charge is 0.363 e. The molecule has 2 aromatic heterocycles. The van der Waals surface area contributed by atoms with Gasteiger partial charge in [0, 0.05) is 46.5 Å². The highest BCUT2D eigenvalue weighted by Crippen LogP contribution is 2.41. The number of nitrogens with one attached hydrogen (secondary N) is 2. The minimum Gasteiger partial charge on any atom is -0.493 e. The minimum absolute atomic E-state index is 0.278. The van der Waals surface area contributed by atoms with Crippen LogP contribution in [0.4, 0.5) is 0 Å². The maximum atomic E-state index is 11.4. The van der Waals surface area contributed by atoms with Crippen LogP contribution in [0.15, 0.2) is 77.5 Å². The molecule has 58 heavy (non-hydrogen) atoms. The third-order valence-corrected chi connectivity index (χ3v) is 11.1. The molecule has 0 radical (unpaired) electrons. The van der Waals surface area contributed by atoms with E-state index in [4.69, 9.17) is 23.7 Å². The number of hydrogen-bond acceptors (Lipinski definition) is 7. The molecule has 1 aliphatic carbocycles. The quantitative estimate of drug-likeness (QED) is 0.112. The van der Waals surface area contributed by atoms with Crippen molar-refractivity contribution in [3.8, 4) is 23.0 Å². The van der Waals surface area contributed by atoms with Crippen molar-refractivity contribution in [3.05, 3.63) is 123 Å². The summed E-state index contributed by atoms with van der Waals surface area (Å²) in [6.07, 6.45) is 10.9. The topological polar surface area (TPSA) is 107 Å². The van der Waals surface area contributed by atoms with Crippen molar-refractivity contribution in [2.24, 2.45) is 4.99 Å². The van der Waals surface area contributed by atoms with E-state index in [1.807, 2.05) is 12.1 Å². The lowest BCUT2D eigenvalue weighted by Gasteiger charge is -2.23. The van der Waals surface area contributed by atoms with Crippen molar-refractivity contribution in [2.45, 2.75) is 86.0 Å². The fourth-order valence-electron chi connectivity index (χ4n) is 8.20. The highest BCUT2D eigenvalue weighted by molar-refractivity contribution is 6.06. The van der Waals surface area contributed by atoms with E-state index in [-0.39, 0.29) is 5.70 Å². The van der Waals surface area contributed by atoms with Crippen molar-refractivity contribution in [1.29, 1.82) is 0 Å². The Kier molecular flexibility index (Phi) is 13.3. The molecule has 6 aromatic rings. The number of nitrogens with zero attached hydrogens (tertiary/aromatic N) is 1. The summed E-state index contributed by atoms with van der Waals surface area (Å²) in [4.78, 5) is 22.6. The summed E-state index contributed by atoms with van der Waals surface area (Å²) >= 11 is 0. The summed E-state index contributed by atoms with van der Waals surface area (Å²) in [5, 5.41) is 2.89. The maximum absolute atomic E-state index is 11.4. The van der Waals surface area contributed by atoms with Crippen LogP contribution < -0.4 is 18.9 Å². The molecule has 1 aliphatic heterocycles. The van der Waals surface area contributed by atoms with Gasteiger partial charge < -0.3 is 33.7 Å². The lowest BCUT2D eigenvalue weighted by Crippen LogP contribution is -2.12. The summed E-state index contributed by atoms with van der Waals surface area (Å²) in [7, 11) is 6.50. The molecular formula is C49H57N3O6. The lowest BCUT2D eigenvalue weighted by atomic mass is 9.82. The summed E-state index contributed by atoms with van der Waals surface area (Å²) in [5.74, 6) is 3.27. The predicted octanol–water partition coefficient (Wildman–Crippen LogP) is 11.2. The number of esters is 1. The Morgan fingerprint density at radius 3 is 2.02 bits per heavy atom. The molecular weight excluding hydrogens is 727 g/mol. The first-order valence-corrected chi connectivity index (χ1v) is 20.1. The summed E-state index contributed by atoms with van der Waals surface area (Å²) in [6.45, 7) is 12.6. The fourth-order valence-corrected chi connectivity index (χ4v) is 8.20. The average Bonchev–Trinajstić information content (AvgIpc) is 3.94. The third-order valence-electron chi connectivity index (χ3n) is 11.1. The van der Waals surface area contributed by atoms with Gasteiger partial charge in [-0.25, -0.2) is 9.79 Å². The van der Waals surface area contributed by atoms with Crippen LogP contribution in [0, 0.1) is 27.7 Å². The molecule has 0 bridgehead atoms. The summed E-state index contributed by atoms with van der Waals surface area (Å²) < 4.78 is 26.0. The Morgan fingerprint density at radius 2 is 1.38 bits per heavy atom. The zero-order chi connectivity index (χ0) is 41.5. The number of cyclic esters (lactones) is 1. The Hall–Kier alpha value is -5.96. The molecule has 304 valence electrons. The van der Waals surface area contributed by atoms with E-state index in [9.17, 15) is 4.79 Å². The molecule has 2 N–H and O–H groups in total. The van der Waals surface area contributed by atoms with Gasteiger partial charge in [0.25, 0.3) is 0 Å². The average molecular weight is 784 g/mol. The van der Waals surface area contributed by atoms with Crippen LogP contribution in [0.25, 0.3) is 27.9 Å². The largest absolute Gasteiger partial charge is 0.493 e. The summed E-state index contributed by atoms with van der Waals surface area (Å²) in [5.41, 5.74) is 14.9. The number of aliphatic imine (C=N–C) groups is 1. The van der Waals surface area contributed by atoms with E-state index >= 15 is 0 Å². The zero-order valence-electron chi connectivity index (χ0n) is 35.6. The van der Waals surface area contributed by atoms with Crippen molar-refractivity contribution >= 4 is 39.7 Å². The van der Waals surface area contributed by atoms with E-state index in [1.54, 1.807) is 53.6 Å². The number of hydrogen-bond donors (Lipinski definition) is 2. The fraction of sp³-hybridized carbons (Fsp3) is 0.347. The number of ether oxygens (including phenoxy) is 5. The molecule has 9 nitrogen and oxygen atoms in total. The van der Waals surface area contributed by atoms with E-state index in [0.717, 1.165) is 23.5 Å². The number of aryl methyl sites for hydroxylation is 6. The van der Waals surface area contributed by atoms with Crippen molar-refractivity contribution in [1.82, 2.24) is 9.97 Å². The number of aromatic nitrogens is 2. The van der Waals surface area contributed by atoms with Gasteiger partial charge in [-0.1, -0.05) is 49.7 Å². The normalized spacial score (nSPS) is 15.2. The minimum atomic E-state index is -0.442. The molecule has 0 saturated carbocycles. The van der Waals surface area contributed by atoms with Crippen LogP contribution in [0.2, 0.25) is 0 Å². The highest BCUT2D eigenvalue weighted by Gasteiger charge is 2.26. The SMILES string of the molecule is CCCc1c[nH]c2c(C)ccc(C)c12.COc1ccc(/C=C2\N=C(C)OC2=O)cc1OC.COc1ccc(CC2CCCc3c2[nH]c2c(C)ccc(C)c32)cc1OC. The molecule has 0 fully saturated rings. The van der Waals surface area contributed by atoms with E-state index in [0.29, 0.717) is 23.3 Å². The molecule has 9 heteroatoms. The Balaban J connectivity index is 0.000000155. The Bertz CT molecular complexity index is 2490. The maximum Gasteiger partial charge on any atom is 0.363 e. The lowest BCUT2D eigenvalue weighted by molar-refractivity contribution is -0.130. The van der Waals surface area contributed by atoms with Crippen LogP contribution in [0.1, 0.15) is 89.2 Å². The number of carbonyl (C=O) groups is 1. The first-order chi connectivity index (χ1) is 28.0. The number of rotatable bonds is 9. The van der Waals surface area contributed by atoms with Gasteiger partial charge in [0.1, 0.15) is 0 Å². The number of carbonyl (C=O) groups excluding carboxylic acids is 1. The second kappa shape index (κ2) is 18.5. The molecule has 0 amide bonds. The monoisotopic (exact) mass is 783 g/mol. The molecule has 4 aromatic carbocycles. The highest BCUT2D eigenvalue weighted by atomic mass is 16.6. The van der Waals surface area contributed by atoms with Gasteiger partial charge in [0.2, 0.25) is 0 Å². The van der Waals surface area contributed by atoms with Crippen molar-refractivity contribution in [3.63, 3.8) is 0 Å². The number of H-pyrrole nitrogens is 2. The molecule has 8 rings (SSSR count). The predicted molar refractivity (Wildman–Crippen MR) is 235 cm³/mol. The standard InChI is InChI=1S/C23H27NO2.C13H13NO4.C13H17N/c1-14-8-9-15(2)22-21(14)18-7-5-6-17(23(18)24-22)12-16-10-11-19(25-3)20(13-16)26-4;1-8-14-10(13(15)18-8)6-9-4-5-11(16-2)12(7-9)17-3;1-4-5-11-8-14-13-10(3)7-6-9(2)12(11)13/h8-11,13,17,24H,5-7,12H2,1-4H3;4-7H,1-3H3;6-8,14H,4-5H2,1-3H3/b;10-6-;. The second-order valence-corrected chi connectivity index (χ2v) is 15.1. The van der Waals surface area contributed by atoms with Gasteiger partial charge in [-0.05, 0) is 135 Å². The van der Waals surface area contributed by atoms with Gasteiger partial charge in [-0.2, -0.15) is 0 Å². The van der Waals surface area contributed by atoms with E-state index in [1.165, 1.54) is 98.5 Å². The first-order valence-electron chi connectivity index (χ1n) is 20.1. The molecule has 0 spiro atoms. The number of fused-ring (bicyclic) bond motifs is 4. The van der Waals surface area contributed by atoms with Gasteiger partial charge >= 0.3 is 5.97 Å². The number of benzene rings is 4. The molecule has 0 saturated heterocycles. The van der Waals surface area contributed by atoms with Crippen LogP contribution in [-0.4, -0.2) is 50.3 Å². The van der Waals surface area contributed by atoms with E-state index < -0.39 is 5.97 Å². The Labute approximate surface area is 342 Å². The molecule has 1 atom stereocenters. The first kappa shape index (κ1) is 41.7. The Morgan fingerprint density at radius 1 is 0.759 bits per heavy atom. The second-order valence-electron chi connectivity index (χ2n) is 15.1. The van der Waals surface area contributed by atoms with Crippen LogP contribution in [0.5, 0.6) is 23.0 Å². The van der Waals surface area contributed by atoms with Gasteiger partial charge in [0.05, 0.1) is 28.4 Å². The van der Waals surface area contributed by atoms with Crippen LogP contribution >= 0.6 is 0 Å². The number of methoxy groups -OCH3 is 4. The van der Waals surface area contributed by atoms with Gasteiger partial charge in [-0.3, -0.25) is 0 Å². The third kappa shape index (κ3) is 8.94.